The molecule has 0 saturated carbocycles. The maximum absolute atomic E-state index is 12.5. The number of amides is 1. The molecule has 1 aromatic rings. The average Bonchev–Trinajstić information content (AvgIpc) is 3.01. The Morgan fingerprint density at radius 1 is 1.55 bits per heavy atom. The fourth-order valence-corrected chi connectivity index (χ4v) is 3.02. The minimum Gasteiger partial charge on any atom is -0.383 e. The van der Waals surface area contributed by atoms with E-state index in [0.717, 1.165) is 44.8 Å². The fourth-order valence-electron chi connectivity index (χ4n) is 3.02. The molecule has 1 aliphatic heterocycles. The van der Waals surface area contributed by atoms with E-state index >= 15 is 0 Å². The van der Waals surface area contributed by atoms with E-state index < -0.39 is 0 Å². The number of carbonyl (C=O) groups is 1. The highest BCUT2D eigenvalue weighted by atomic mass is 16.5. The SMILES string of the molecule is CCn1ccnc1C1CCCN(C(=O)CN(C)CCOC)C1. The third-order valence-electron chi connectivity index (χ3n) is 4.31. The summed E-state index contributed by atoms with van der Waals surface area (Å²) < 4.78 is 7.24. The molecule has 1 aromatic heterocycles. The van der Waals surface area contributed by atoms with Crippen molar-refractivity contribution in [2.24, 2.45) is 0 Å². The van der Waals surface area contributed by atoms with Gasteiger partial charge in [-0.1, -0.05) is 0 Å². The van der Waals surface area contributed by atoms with Gasteiger partial charge in [-0.05, 0) is 26.8 Å². The van der Waals surface area contributed by atoms with E-state index in [1.807, 2.05) is 29.2 Å². The minimum absolute atomic E-state index is 0.206. The lowest BCUT2D eigenvalue weighted by Gasteiger charge is -2.33. The Morgan fingerprint density at radius 3 is 3.09 bits per heavy atom. The fraction of sp³-hybridized carbons (Fsp3) is 0.750. The lowest BCUT2D eigenvalue weighted by atomic mass is 9.97. The Balaban J connectivity index is 1.91. The monoisotopic (exact) mass is 308 g/mol. The Morgan fingerprint density at radius 2 is 2.36 bits per heavy atom. The maximum atomic E-state index is 12.5. The Kier molecular flexibility index (Phi) is 6.39. The number of nitrogens with zero attached hydrogens (tertiary/aromatic N) is 4. The van der Waals surface area contributed by atoms with Crippen LogP contribution in [-0.4, -0.2) is 72.2 Å². The molecular weight excluding hydrogens is 280 g/mol. The molecular formula is C16H28N4O2. The van der Waals surface area contributed by atoms with Crippen molar-refractivity contribution in [2.75, 3.05) is 46.9 Å². The van der Waals surface area contributed by atoms with Gasteiger partial charge in [0.05, 0.1) is 13.2 Å². The highest BCUT2D eigenvalue weighted by Gasteiger charge is 2.27. The van der Waals surface area contributed by atoms with Gasteiger partial charge in [0.2, 0.25) is 5.91 Å². The average molecular weight is 308 g/mol. The molecule has 1 saturated heterocycles. The number of methoxy groups -OCH3 is 1. The standard InChI is InChI=1S/C16H28N4O2/c1-4-19-9-7-17-16(19)14-6-5-8-20(12-14)15(21)13-18(2)10-11-22-3/h7,9,14H,4-6,8,10-13H2,1-3H3. The van der Waals surface area contributed by atoms with Crippen LogP contribution in [0.5, 0.6) is 0 Å². The van der Waals surface area contributed by atoms with Gasteiger partial charge in [0, 0.05) is 51.6 Å². The first-order valence-electron chi connectivity index (χ1n) is 8.12. The second kappa shape index (κ2) is 8.29. The molecule has 0 aromatic carbocycles. The molecule has 2 heterocycles. The molecule has 2 rings (SSSR count). The molecule has 22 heavy (non-hydrogen) atoms. The normalized spacial score (nSPS) is 18.9. The summed E-state index contributed by atoms with van der Waals surface area (Å²) in [6.45, 7) is 6.59. The molecule has 1 fully saturated rings. The molecule has 6 nitrogen and oxygen atoms in total. The number of hydrogen-bond acceptors (Lipinski definition) is 4. The van der Waals surface area contributed by atoms with Crippen molar-refractivity contribution in [3.05, 3.63) is 18.2 Å². The van der Waals surface area contributed by atoms with Crippen molar-refractivity contribution < 1.29 is 9.53 Å². The minimum atomic E-state index is 0.206. The quantitative estimate of drug-likeness (QED) is 0.759. The molecule has 0 bridgehead atoms. The summed E-state index contributed by atoms with van der Waals surface area (Å²) in [5.41, 5.74) is 0. The van der Waals surface area contributed by atoms with E-state index in [0.29, 0.717) is 19.1 Å². The van der Waals surface area contributed by atoms with E-state index in [4.69, 9.17) is 4.74 Å². The van der Waals surface area contributed by atoms with Gasteiger partial charge in [0.25, 0.3) is 0 Å². The molecule has 0 radical (unpaired) electrons. The Bertz CT molecular complexity index is 474. The zero-order valence-electron chi connectivity index (χ0n) is 14.0. The van der Waals surface area contributed by atoms with Crippen molar-refractivity contribution in [3.8, 4) is 0 Å². The number of likely N-dealkylation sites (tertiary alicyclic amines) is 1. The van der Waals surface area contributed by atoms with Crippen LogP contribution in [0.15, 0.2) is 12.4 Å². The summed E-state index contributed by atoms with van der Waals surface area (Å²) in [6.07, 6.45) is 6.04. The number of ether oxygens (including phenoxy) is 1. The second-order valence-electron chi connectivity index (χ2n) is 5.98. The van der Waals surface area contributed by atoms with E-state index in [-0.39, 0.29) is 5.91 Å². The summed E-state index contributed by atoms with van der Waals surface area (Å²) in [5, 5.41) is 0. The van der Waals surface area contributed by atoms with Crippen molar-refractivity contribution in [1.82, 2.24) is 19.4 Å². The number of likely N-dealkylation sites (N-methyl/N-ethyl adjacent to an activating group) is 1. The zero-order chi connectivity index (χ0) is 15.9. The Hall–Kier alpha value is -1.40. The third kappa shape index (κ3) is 4.30. The van der Waals surface area contributed by atoms with Crippen LogP contribution in [0.1, 0.15) is 31.5 Å². The van der Waals surface area contributed by atoms with Crippen LogP contribution in [0.3, 0.4) is 0 Å². The van der Waals surface area contributed by atoms with Crippen LogP contribution in [0.4, 0.5) is 0 Å². The molecule has 0 N–H and O–H groups in total. The lowest BCUT2D eigenvalue weighted by molar-refractivity contribution is -0.133. The molecule has 124 valence electrons. The smallest absolute Gasteiger partial charge is 0.236 e. The topological polar surface area (TPSA) is 50.6 Å². The van der Waals surface area contributed by atoms with Gasteiger partial charge < -0.3 is 14.2 Å². The van der Waals surface area contributed by atoms with Crippen LogP contribution in [-0.2, 0) is 16.1 Å². The predicted molar refractivity (Wildman–Crippen MR) is 85.8 cm³/mol. The Labute approximate surface area is 133 Å². The van der Waals surface area contributed by atoms with E-state index in [1.165, 1.54) is 0 Å². The third-order valence-corrected chi connectivity index (χ3v) is 4.31. The van der Waals surface area contributed by atoms with E-state index in [2.05, 4.69) is 16.5 Å². The summed E-state index contributed by atoms with van der Waals surface area (Å²) >= 11 is 0. The van der Waals surface area contributed by atoms with E-state index in [9.17, 15) is 4.79 Å². The molecule has 1 aliphatic rings. The number of aryl methyl sites for hydroxylation is 1. The largest absolute Gasteiger partial charge is 0.383 e. The predicted octanol–water partition coefficient (Wildman–Crippen LogP) is 1.19. The number of piperidine rings is 1. The molecule has 0 aliphatic carbocycles. The number of carbonyl (C=O) groups excluding carboxylic acids is 1. The van der Waals surface area contributed by atoms with Crippen molar-refractivity contribution in [1.29, 1.82) is 0 Å². The van der Waals surface area contributed by atoms with E-state index in [1.54, 1.807) is 7.11 Å². The van der Waals surface area contributed by atoms with Crippen LogP contribution in [0.2, 0.25) is 0 Å². The number of aromatic nitrogens is 2. The van der Waals surface area contributed by atoms with Crippen LogP contribution < -0.4 is 0 Å². The molecule has 6 heteroatoms. The van der Waals surface area contributed by atoms with Gasteiger partial charge in [0.1, 0.15) is 5.82 Å². The molecule has 0 spiro atoms. The first-order valence-corrected chi connectivity index (χ1v) is 8.12. The summed E-state index contributed by atoms with van der Waals surface area (Å²) in [7, 11) is 3.64. The highest BCUT2D eigenvalue weighted by Crippen LogP contribution is 2.25. The number of imidazole rings is 1. The zero-order valence-corrected chi connectivity index (χ0v) is 14.0. The molecule has 1 unspecified atom stereocenters. The van der Waals surface area contributed by atoms with Gasteiger partial charge in [-0.15, -0.1) is 0 Å². The molecule has 1 atom stereocenters. The van der Waals surface area contributed by atoms with Gasteiger partial charge in [-0.25, -0.2) is 4.98 Å². The maximum Gasteiger partial charge on any atom is 0.236 e. The van der Waals surface area contributed by atoms with Crippen LogP contribution in [0, 0.1) is 0 Å². The van der Waals surface area contributed by atoms with Gasteiger partial charge >= 0.3 is 0 Å². The first kappa shape index (κ1) is 17.0. The van der Waals surface area contributed by atoms with Gasteiger partial charge in [-0.2, -0.15) is 0 Å². The summed E-state index contributed by atoms with van der Waals surface area (Å²) in [6, 6.07) is 0. The summed E-state index contributed by atoms with van der Waals surface area (Å²) in [4.78, 5) is 21.0. The lowest BCUT2D eigenvalue weighted by Crippen LogP contribution is -2.44. The van der Waals surface area contributed by atoms with Crippen molar-refractivity contribution in [3.63, 3.8) is 0 Å². The molecule has 1 amide bonds. The summed E-state index contributed by atoms with van der Waals surface area (Å²) in [5.74, 6) is 1.68. The second-order valence-corrected chi connectivity index (χ2v) is 5.98. The van der Waals surface area contributed by atoms with Gasteiger partial charge in [-0.3, -0.25) is 9.69 Å². The highest BCUT2D eigenvalue weighted by molar-refractivity contribution is 5.78. The van der Waals surface area contributed by atoms with Crippen molar-refractivity contribution >= 4 is 5.91 Å². The first-order chi connectivity index (χ1) is 10.7. The van der Waals surface area contributed by atoms with Crippen LogP contribution >= 0.6 is 0 Å². The number of hydrogen-bond donors (Lipinski definition) is 0. The number of rotatable bonds is 7. The van der Waals surface area contributed by atoms with Gasteiger partial charge in [0.15, 0.2) is 0 Å². The van der Waals surface area contributed by atoms with Crippen molar-refractivity contribution in [2.45, 2.75) is 32.2 Å². The van der Waals surface area contributed by atoms with Crippen LogP contribution in [0.25, 0.3) is 0 Å².